The third kappa shape index (κ3) is 7.05. The summed E-state index contributed by atoms with van der Waals surface area (Å²) < 4.78 is 0. The van der Waals surface area contributed by atoms with E-state index in [0.29, 0.717) is 13.0 Å². The molecular formula is C30H36N2O2. The molecule has 178 valence electrons. The number of amides is 2. The average molecular weight is 457 g/mol. The summed E-state index contributed by atoms with van der Waals surface area (Å²) in [5.41, 5.74) is 5.25. The van der Waals surface area contributed by atoms with Crippen LogP contribution in [0.5, 0.6) is 0 Å². The van der Waals surface area contributed by atoms with Gasteiger partial charge in [0.05, 0.1) is 6.42 Å². The van der Waals surface area contributed by atoms with Crippen LogP contribution in [0.15, 0.2) is 78.9 Å². The number of rotatable bonds is 10. The molecule has 0 unspecified atom stereocenters. The average Bonchev–Trinajstić information content (AvgIpc) is 2.84. The van der Waals surface area contributed by atoms with Gasteiger partial charge in [-0.05, 0) is 49.4 Å². The lowest BCUT2D eigenvalue weighted by atomic mass is 9.99. The second-order valence-electron chi connectivity index (χ2n) is 9.14. The lowest BCUT2D eigenvalue weighted by Gasteiger charge is -2.32. The maximum Gasteiger partial charge on any atom is 0.243 e. The molecule has 0 aliphatic carbocycles. The van der Waals surface area contributed by atoms with E-state index in [1.165, 1.54) is 0 Å². The van der Waals surface area contributed by atoms with Crippen LogP contribution in [0, 0.1) is 13.8 Å². The first-order valence-electron chi connectivity index (χ1n) is 12.1. The molecule has 0 aromatic heterocycles. The molecular weight excluding hydrogens is 420 g/mol. The molecule has 4 nitrogen and oxygen atoms in total. The lowest BCUT2D eigenvalue weighted by Crippen LogP contribution is -2.52. The van der Waals surface area contributed by atoms with Crippen LogP contribution in [-0.2, 0) is 29.0 Å². The maximum atomic E-state index is 13.8. The molecule has 0 saturated heterocycles. The van der Waals surface area contributed by atoms with Crippen molar-refractivity contribution in [3.05, 3.63) is 107 Å². The van der Waals surface area contributed by atoms with Crippen molar-refractivity contribution in [2.75, 3.05) is 0 Å². The van der Waals surface area contributed by atoms with Gasteiger partial charge in [0.2, 0.25) is 11.8 Å². The van der Waals surface area contributed by atoms with Crippen molar-refractivity contribution in [3.8, 4) is 0 Å². The molecule has 0 radical (unpaired) electrons. The third-order valence-electron chi connectivity index (χ3n) is 6.31. The summed E-state index contributed by atoms with van der Waals surface area (Å²) in [6, 6.07) is 25.5. The Hall–Kier alpha value is -3.40. The first-order valence-corrected chi connectivity index (χ1v) is 12.1. The van der Waals surface area contributed by atoms with Gasteiger partial charge in [0.25, 0.3) is 0 Å². The molecule has 0 heterocycles. The van der Waals surface area contributed by atoms with Gasteiger partial charge in [-0.1, -0.05) is 91.3 Å². The standard InChI is InChI=1S/C30H36N2O2/c1-5-24(4)31-30(34)28(19-25-12-8-6-9-13-25)32(21-26-14-10-7-11-15-26)29(33)20-27-18-22(2)16-17-23(27)3/h6-18,24,28H,5,19-21H2,1-4H3,(H,31,34)/t24-,28+/m0/s1. The van der Waals surface area contributed by atoms with Gasteiger partial charge in [-0.15, -0.1) is 0 Å². The number of hydrogen-bond acceptors (Lipinski definition) is 2. The van der Waals surface area contributed by atoms with E-state index in [9.17, 15) is 9.59 Å². The van der Waals surface area contributed by atoms with Crippen LogP contribution in [-0.4, -0.2) is 28.8 Å². The second-order valence-corrected chi connectivity index (χ2v) is 9.14. The van der Waals surface area contributed by atoms with Gasteiger partial charge < -0.3 is 10.2 Å². The summed E-state index contributed by atoms with van der Waals surface area (Å²) in [6.45, 7) is 8.49. The maximum absolute atomic E-state index is 13.8. The topological polar surface area (TPSA) is 49.4 Å². The number of nitrogens with zero attached hydrogens (tertiary/aromatic N) is 1. The largest absolute Gasteiger partial charge is 0.352 e. The molecule has 2 amide bonds. The van der Waals surface area contributed by atoms with E-state index in [2.05, 4.69) is 23.5 Å². The van der Waals surface area contributed by atoms with Crippen molar-refractivity contribution in [1.29, 1.82) is 0 Å². The van der Waals surface area contributed by atoms with Crippen LogP contribution >= 0.6 is 0 Å². The highest BCUT2D eigenvalue weighted by atomic mass is 16.2. The van der Waals surface area contributed by atoms with E-state index >= 15 is 0 Å². The van der Waals surface area contributed by atoms with Crippen molar-refractivity contribution in [1.82, 2.24) is 10.2 Å². The van der Waals surface area contributed by atoms with Crippen LogP contribution in [0.2, 0.25) is 0 Å². The van der Waals surface area contributed by atoms with E-state index < -0.39 is 6.04 Å². The predicted molar refractivity (Wildman–Crippen MR) is 138 cm³/mol. The van der Waals surface area contributed by atoms with Crippen molar-refractivity contribution in [3.63, 3.8) is 0 Å². The summed E-state index contributed by atoms with van der Waals surface area (Å²) in [5, 5.41) is 3.12. The molecule has 4 heteroatoms. The van der Waals surface area contributed by atoms with Crippen molar-refractivity contribution >= 4 is 11.8 Å². The minimum atomic E-state index is -0.603. The fraction of sp³-hybridized carbons (Fsp3) is 0.333. The molecule has 3 aromatic rings. The minimum Gasteiger partial charge on any atom is -0.352 e. The van der Waals surface area contributed by atoms with Gasteiger partial charge in [-0.3, -0.25) is 9.59 Å². The Bertz CT molecular complexity index is 1080. The Kier molecular flexibility index (Phi) is 9.03. The normalized spacial score (nSPS) is 12.6. The van der Waals surface area contributed by atoms with Crippen molar-refractivity contribution in [2.45, 2.75) is 65.6 Å². The van der Waals surface area contributed by atoms with E-state index in [4.69, 9.17) is 0 Å². The predicted octanol–water partition coefficient (Wildman–Crippen LogP) is 5.40. The van der Waals surface area contributed by atoms with E-state index in [-0.39, 0.29) is 24.3 Å². The fourth-order valence-electron chi connectivity index (χ4n) is 4.03. The molecule has 0 bridgehead atoms. The molecule has 0 saturated carbocycles. The first-order chi connectivity index (χ1) is 16.4. The van der Waals surface area contributed by atoms with Gasteiger partial charge in [0.15, 0.2) is 0 Å². The molecule has 0 aliphatic heterocycles. The monoisotopic (exact) mass is 456 g/mol. The summed E-state index contributed by atoms with van der Waals surface area (Å²) in [5.74, 6) is -0.152. The van der Waals surface area contributed by atoms with Crippen LogP contribution in [0.4, 0.5) is 0 Å². The Morgan fingerprint density at radius 3 is 2.12 bits per heavy atom. The number of nitrogens with one attached hydrogen (secondary N) is 1. The Labute approximate surface area is 204 Å². The number of hydrogen-bond donors (Lipinski definition) is 1. The molecule has 3 rings (SSSR count). The van der Waals surface area contributed by atoms with Gasteiger partial charge >= 0.3 is 0 Å². The van der Waals surface area contributed by atoms with Crippen LogP contribution in [0.25, 0.3) is 0 Å². The molecule has 0 aliphatic rings. The SMILES string of the molecule is CC[C@H](C)NC(=O)[C@@H](Cc1ccccc1)N(Cc1ccccc1)C(=O)Cc1cc(C)ccc1C. The second kappa shape index (κ2) is 12.2. The van der Waals surface area contributed by atoms with E-state index in [0.717, 1.165) is 34.2 Å². The number of carbonyl (C=O) groups excluding carboxylic acids is 2. The Morgan fingerprint density at radius 2 is 1.50 bits per heavy atom. The summed E-state index contributed by atoms with van der Waals surface area (Å²) >= 11 is 0. The van der Waals surface area contributed by atoms with Gasteiger partial charge in [-0.25, -0.2) is 0 Å². The zero-order valence-electron chi connectivity index (χ0n) is 20.8. The summed E-state index contributed by atoms with van der Waals surface area (Å²) in [6.07, 6.45) is 1.57. The van der Waals surface area contributed by atoms with Crippen LogP contribution < -0.4 is 5.32 Å². The first kappa shape index (κ1) is 25.2. The molecule has 3 aromatic carbocycles. The highest BCUT2D eigenvalue weighted by Gasteiger charge is 2.31. The molecule has 34 heavy (non-hydrogen) atoms. The quantitative estimate of drug-likeness (QED) is 0.444. The van der Waals surface area contributed by atoms with Crippen molar-refractivity contribution in [2.24, 2.45) is 0 Å². The van der Waals surface area contributed by atoms with Crippen LogP contribution in [0.1, 0.15) is 48.1 Å². The number of benzene rings is 3. The number of carbonyl (C=O) groups is 2. The van der Waals surface area contributed by atoms with Crippen molar-refractivity contribution < 1.29 is 9.59 Å². The number of aryl methyl sites for hydroxylation is 2. The van der Waals surface area contributed by atoms with Gasteiger partial charge in [-0.2, -0.15) is 0 Å². The molecule has 1 N–H and O–H groups in total. The molecule has 0 spiro atoms. The Balaban J connectivity index is 1.98. The minimum absolute atomic E-state index is 0.0402. The highest BCUT2D eigenvalue weighted by Crippen LogP contribution is 2.19. The van der Waals surface area contributed by atoms with Gasteiger partial charge in [0.1, 0.15) is 6.04 Å². The Morgan fingerprint density at radius 1 is 0.882 bits per heavy atom. The lowest BCUT2D eigenvalue weighted by molar-refractivity contribution is -0.141. The van der Waals surface area contributed by atoms with E-state index in [1.807, 2.05) is 88.4 Å². The zero-order valence-corrected chi connectivity index (χ0v) is 20.8. The van der Waals surface area contributed by atoms with Crippen LogP contribution in [0.3, 0.4) is 0 Å². The fourth-order valence-corrected chi connectivity index (χ4v) is 4.03. The smallest absolute Gasteiger partial charge is 0.243 e. The zero-order chi connectivity index (χ0) is 24.5. The summed E-state index contributed by atoms with van der Waals surface area (Å²) in [4.78, 5) is 29.1. The highest BCUT2D eigenvalue weighted by molar-refractivity contribution is 5.89. The molecule has 0 fully saturated rings. The summed E-state index contributed by atoms with van der Waals surface area (Å²) in [7, 11) is 0. The third-order valence-corrected chi connectivity index (χ3v) is 6.31. The van der Waals surface area contributed by atoms with Gasteiger partial charge in [0, 0.05) is 19.0 Å². The van der Waals surface area contributed by atoms with E-state index in [1.54, 1.807) is 4.90 Å². The molecule has 2 atom stereocenters.